The second-order valence-electron chi connectivity index (χ2n) is 5.30. The van der Waals surface area contributed by atoms with Crippen molar-refractivity contribution in [1.82, 2.24) is 14.9 Å². The van der Waals surface area contributed by atoms with Crippen LogP contribution in [0.4, 0.5) is 5.82 Å². The van der Waals surface area contributed by atoms with Gasteiger partial charge in [-0.1, -0.05) is 30.3 Å². The lowest BCUT2D eigenvalue weighted by Crippen LogP contribution is -2.31. The van der Waals surface area contributed by atoms with Gasteiger partial charge in [0, 0.05) is 32.7 Å². The van der Waals surface area contributed by atoms with Crippen molar-refractivity contribution in [3.8, 4) is 0 Å². The van der Waals surface area contributed by atoms with E-state index in [1.54, 1.807) is 6.20 Å². The summed E-state index contributed by atoms with van der Waals surface area (Å²) < 4.78 is 0.784. The van der Waals surface area contributed by atoms with Gasteiger partial charge in [-0.2, -0.15) is 0 Å². The molecule has 0 radical (unpaired) electrons. The predicted molar refractivity (Wildman–Crippen MR) is 88.3 cm³/mol. The zero-order chi connectivity index (χ0) is 14.5. The fourth-order valence-corrected chi connectivity index (χ4v) is 2.87. The van der Waals surface area contributed by atoms with Gasteiger partial charge in [-0.3, -0.25) is 4.90 Å². The van der Waals surface area contributed by atoms with Crippen LogP contribution in [-0.2, 0) is 6.54 Å². The van der Waals surface area contributed by atoms with E-state index in [1.807, 2.05) is 6.20 Å². The molecule has 0 atom stereocenters. The number of anilines is 1. The van der Waals surface area contributed by atoms with Crippen molar-refractivity contribution in [2.45, 2.75) is 13.0 Å². The SMILES string of the molecule is Brc1cnc(N2CCCN(Cc3ccccc3)CC2)cn1. The van der Waals surface area contributed by atoms with Crippen molar-refractivity contribution in [2.24, 2.45) is 0 Å². The van der Waals surface area contributed by atoms with Crippen LogP contribution in [0.3, 0.4) is 0 Å². The van der Waals surface area contributed by atoms with Crippen molar-refractivity contribution < 1.29 is 0 Å². The van der Waals surface area contributed by atoms with Gasteiger partial charge in [0.05, 0.1) is 12.4 Å². The first-order valence-electron chi connectivity index (χ1n) is 7.30. The molecule has 4 nitrogen and oxygen atoms in total. The predicted octanol–water partition coefficient (Wildman–Crippen LogP) is 2.95. The Balaban J connectivity index is 1.60. The molecule has 3 rings (SSSR count). The zero-order valence-corrected chi connectivity index (χ0v) is 13.5. The second-order valence-corrected chi connectivity index (χ2v) is 6.11. The van der Waals surface area contributed by atoms with Gasteiger partial charge in [0.25, 0.3) is 0 Å². The van der Waals surface area contributed by atoms with E-state index in [0.29, 0.717) is 0 Å². The Morgan fingerprint density at radius 2 is 1.81 bits per heavy atom. The Labute approximate surface area is 133 Å². The van der Waals surface area contributed by atoms with Crippen molar-refractivity contribution in [3.05, 3.63) is 52.9 Å². The van der Waals surface area contributed by atoms with Crippen LogP contribution in [0.25, 0.3) is 0 Å². The first-order valence-corrected chi connectivity index (χ1v) is 8.09. The van der Waals surface area contributed by atoms with E-state index in [9.17, 15) is 0 Å². The number of hydrogen-bond donors (Lipinski definition) is 0. The smallest absolute Gasteiger partial charge is 0.147 e. The molecule has 0 amide bonds. The van der Waals surface area contributed by atoms with Crippen LogP contribution in [0.2, 0.25) is 0 Å². The highest BCUT2D eigenvalue weighted by Crippen LogP contribution is 2.15. The fraction of sp³-hybridized carbons (Fsp3) is 0.375. The molecule has 1 aromatic heterocycles. The fourth-order valence-electron chi connectivity index (χ4n) is 2.67. The van der Waals surface area contributed by atoms with Gasteiger partial charge in [0.15, 0.2) is 0 Å². The standard InChI is InChI=1S/C16H19BrN4/c17-15-11-19-16(12-18-15)21-8-4-7-20(9-10-21)13-14-5-2-1-3-6-14/h1-3,5-6,11-12H,4,7-10,13H2. The van der Waals surface area contributed by atoms with Crippen LogP contribution in [0.15, 0.2) is 47.3 Å². The lowest BCUT2D eigenvalue weighted by molar-refractivity contribution is 0.285. The number of rotatable bonds is 3. The highest BCUT2D eigenvalue weighted by molar-refractivity contribution is 9.10. The summed E-state index contributed by atoms with van der Waals surface area (Å²) >= 11 is 3.33. The van der Waals surface area contributed by atoms with E-state index >= 15 is 0 Å². The lowest BCUT2D eigenvalue weighted by Gasteiger charge is -2.22. The van der Waals surface area contributed by atoms with Gasteiger partial charge < -0.3 is 4.90 Å². The van der Waals surface area contributed by atoms with Gasteiger partial charge in [-0.25, -0.2) is 9.97 Å². The lowest BCUT2D eigenvalue weighted by atomic mass is 10.2. The number of benzene rings is 1. The summed E-state index contributed by atoms with van der Waals surface area (Å²) in [5.74, 6) is 0.972. The molecule has 2 heterocycles. The van der Waals surface area contributed by atoms with Crippen molar-refractivity contribution >= 4 is 21.7 Å². The van der Waals surface area contributed by atoms with Crippen LogP contribution in [-0.4, -0.2) is 41.0 Å². The quantitative estimate of drug-likeness (QED) is 0.855. The molecule has 0 unspecified atom stereocenters. The van der Waals surface area contributed by atoms with Crippen molar-refractivity contribution in [1.29, 1.82) is 0 Å². The summed E-state index contributed by atoms with van der Waals surface area (Å²) in [5, 5.41) is 0. The van der Waals surface area contributed by atoms with E-state index in [4.69, 9.17) is 0 Å². The molecule has 21 heavy (non-hydrogen) atoms. The summed E-state index contributed by atoms with van der Waals surface area (Å²) in [5.41, 5.74) is 1.38. The number of aromatic nitrogens is 2. The number of halogens is 1. The molecule has 2 aromatic rings. The minimum atomic E-state index is 0.784. The van der Waals surface area contributed by atoms with Gasteiger partial charge in [-0.05, 0) is 27.9 Å². The topological polar surface area (TPSA) is 32.3 Å². The average Bonchev–Trinajstić information content (AvgIpc) is 2.75. The van der Waals surface area contributed by atoms with Crippen LogP contribution in [0, 0.1) is 0 Å². The van der Waals surface area contributed by atoms with Crippen LogP contribution in [0.1, 0.15) is 12.0 Å². The molecular weight excluding hydrogens is 328 g/mol. The summed E-state index contributed by atoms with van der Waals surface area (Å²) in [6, 6.07) is 10.7. The maximum Gasteiger partial charge on any atom is 0.147 e. The number of hydrogen-bond acceptors (Lipinski definition) is 4. The third-order valence-electron chi connectivity index (χ3n) is 3.77. The molecule has 0 spiro atoms. The first kappa shape index (κ1) is 14.5. The molecular formula is C16H19BrN4. The maximum atomic E-state index is 4.45. The van der Waals surface area contributed by atoms with E-state index in [1.165, 1.54) is 5.56 Å². The van der Waals surface area contributed by atoms with E-state index < -0.39 is 0 Å². The molecule has 0 saturated carbocycles. The Bertz CT molecular complexity index is 558. The Morgan fingerprint density at radius 1 is 0.952 bits per heavy atom. The molecule has 1 saturated heterocycles. The molecule has 5 heteroatoms. The van der Waals surface area contributed by atoms with Crippen LogP contribution < -0.4 is 4.90 Å². The summed E-state index contributed by atoms with van der Waals surface area (Å²) in [7, 11) is 0. The Kier molecular flexibility index (Phi) is 4.83. The minimum Gasteiger partial charge on any atom is -0.354 e. The maximum absolute atomic E-state index is 4.45. The average molecular weight is 347 g/mol. The van der Waals surface area contributed by atoms with E-state index in [0.717, 1.165) is 49.6 Å². The van der Waals surface area contributed by atoms with Gasteiger partial charge in [-0.15, -0.1) is 0 Å². The Morgan fingerprint density at radius 3 is 2.57 bits per heavy atom. The van der Waals surface area contributed by atoms with Crippen molar-refractivity contribution in [2.75, 3.05) is 31.1 Å². The molecule has 110 valence electrons. The zero-order valence-electron chi connectivity index (χ0n) is 12.0. The third kappa shape index (κ3) is 4.02. The normalized spacial score (nSPS) is 16.7. The molecule has 0 aliphatic carbocycles. The van der Waals surface area contributed by atoms with Gasteiger partial charge in [0.2, 0.25) is 0 Å². The summed E-state index contributed by atoms with van der Waals surface area (Å²) in [4.78, 5) is 13.6. The van der Waals surface area contributed by atoms with Crippen molar-refractivity contribution in [3.63, 3.8) is 0 Å². The highest BCUT2D eigenvalue weighted by Gasteiger charge is 2.16. The molecule has 1 aliphatic heterocycles. The summed E-state index contributed by atoms with van der Waals surface area (Å²) in [6.45, 7) is 5.27. The highest BCUT2D eigenvalue weighted by atomic mass is 79.9. The first-order chi connectivity index (χ1) is 10.3. The third-order valence-corrected chi connectivity index (χ3v) is 4.18. The number of nitrogens with zero attached hydrogens (tertiary/aromatic N) is 4. The monoisotopic (exact) mass is 346 g/mol. The van der Waals surface area contributed by atoms with Crippen LogP contribution in [0.5, 0.6) is 0 Å². The molecule has 1 aliphatic rings. The van der Waals surface area contributed by atoms with Crippen LogP contribution >= 0.6 is 15.9 Å². The summed E-state index contributed by atoms with van der Waals surface area (Å²) in [6.07, 6.45) is 4.77. The van der Waals surface area contributed by atoms with E-state index in [-0.39, 0.29) is 0 Å². The van der Waals surface area contributed by atoms with Gasteiger partial charge in [0.1, 0.15) is 10.4 Å². The van der Waals surface area contributed by atoms with Gasteiger partial charge >= 0.3 is 0 Å². The molecule has 0 N–H and O–H groups in total. The van der Waals surface area contributed by atoms with E-state index in [2.05, 4.69) is 66.0 Å². The molecule has 1 fully saturated rings. The second kappa shape index (κ2) is 7.00. The largest absolute Gasteiger partial charge is 0.354 e. The molecule has 0 bridgehead atoms. The molecule has 1 aromatic carbocycles. The Hall–Kier alpha value is -1.46. The minimum absolute atomic E-state index is 0.784.